The van der Waals surface area contributed by atoms with Crippen LogP contribution in [-0.2, 0) is 28.9 Å². The Morgan fingerprint density at radius 2 is 1.66 bits per heavy atom. The lowest BCUT2D eigenvalue weighted by Crippen LogP contribution is -2.30. The number of fused-ring (bicyclic) bond motifs is 1. The van der Waals surface area contributed by atoms with Gasteiger partial charge in [-0.15, -0.1) is 0 Å². The molecule has 0 aliphatic carbocycles. The Morgan fingerprint density at radius 1 is 0.932 bits per heavy atom. The number of benzene rings is 2. The number of pyridine rings is 2. The molecule has 4 rings (SSSR count). The number of carbonyl (C=O) groups is 2. The molecule has 0 spiro atoms. The van der Waals surface area contributed by atoms with E-state index in [2.05, 4.69) is 22.5 Å². The summed E-state index contributed by atoms with van der Waals surface area (Å²) in [5.41, 5.74) is 10.9. The first-order valence-corrected chi connectivity index (χ1v) is 15.1. The van der Waals surface area contributed by atoms with Crippen LogP contribution < -0.4 is 26.7 Å². The first-order valence-electron chi connectivity index (χ1n) is 15.1. The van der Waals surface area contributed by atoms with Crippen LogP contribution in [0.5, 0.6) is 5.75 Å². The maximum Gasteiger partial charge on any atom is 0.323 e. The Balaban J connectivity index is 1.78. The van der Waals surface area contributed by atoms with E-state index in [0.29, 0.717) is 66.3 Å². The molecule has 0 aliphatic heterocycles. The average molecular weight is 600 g/mol. The van der Waals surface area contributed by atoms with Crippen molar-refractivity contribution in [2.75, 3.05) is 29.6 Å². The molecule has 0 unspecified atom stereocenters. The number of nitrogens with one attached hydrogen (secondary N) is 2. The number of rotatable bonds is 13. The van der Waals surface area contributed by atoms with Crippen molar-refractivity contribution in [1.29, 1.82) is 0 Å². The summed E-state index contributed by atoms with van der Waals surface area (Å²) in [5.74, 6) is 0.244. The van der Waals surface area contributed by atoms with Gasteiger partial charge in [-0.2, -0.15) is 0 Å². The van der Waals surface area contributed by atoms with E-state index in [4.69, 9.17) is 15.2 Å². The lowest BCUT2D eigenvalue weighted by Gasteiger charge is -2.20. The van der Waals surface area contributed by atoms with Crippen molar-refractivity contribution in [2.45, 2.75) is 66.3 Å². The fraction of sp³-hybridized carbons (Fsp3) is 0.353. The van der Waals surface area contributed by atoms with Crippen LogP contribution in [0.25, 0.3) is 22.2 Å². The van der Waals surface area contributed by atoms with E-state index in [-0.39, 0.29) is 23.8 Å². The minimum absolute atomic E-state index is 0.151. The van der Waals surface area contributed by atoms with Gasteiger partial charge in [0.2, 0.25) is 0 Å². The van der Waals surface area contributed by atoms with E-state index in [9.17, 15) is 14.4 Å². The minimum Gasteiger partial charge on any atom is -0.493 e. The fourth-order valence-corrected chi connectivity index (χ4v) is 5.20. The summed E-state index contributed by atoms with van der Waals surface area (Å²) in [7, 11) is 0. The molecule has 2 aromatic carbocycles. The predicted molar refractivity (Wildman–Crippen MR) is 175 cm³/mol. The Morgan fingerprint density at radius 3 is 2.34 bits per heavy atom. The SMILES string of the molecule is CCCCn1c(=O)c(NC(=O)Nc2c(CC)cc(N)cc2CC)c(-c2cccc(OCCCOC(C)=O)c2)c2cccnc21. The second kappa shape index (κ2) is 15.0. The van der Waals surface area contributed by atoms with Crippen LogP contribution in [0.3, 0.4) is 0 Å². The molecule has 4 N–H and O–H groups in total. The van der Waals surface area contributed by atoms with Crippen LogP contribution in [0, 0.1) is 0 Å². The molecule has 10 nitrogen and oxygen atoms in total. The van der Waals surface area contributed by atoms with E-state index in [1.165, 1.54) is 6.92 Å². The molecule has 0 radical (unpaired) electrons. The van der Waals surface area contributed by atoms with Crippen molar-refractivity contribution in [3.05, 3.63) is 76.2 Å². The van der Waals surface area contributed by atoms with Gasteiger partial charge < -0.3 is 25.8 Å². The highest BCUT2D eigenvalue weighted by Gasteiger charge is 2.22. The molecule has 0 saturated heterocycles. The number of esters is 1. The van der Waals surface area contributed by atoms with Gasteiger partial charge in [-0.1, -0.05) is 39.3 Å². The van der Waals surface area contributed by atoms with Crippen LogP contribution in [0.15, 0.2) is 59.5 Å². The van der Waals surface area contributed by atoms with Crippen LogP contribution in [-0.4, -0.2) is 34.8 Å². The first kappa shape index (κ1) is 32.1. The van der Waals surface area contributed by atoms with Crippen LogP contribution in [0.4, 0.5) is 21.9 Å². The van der Waals surface area contributed by atoms with Crippen molar-refractivity contribution in [2.24, 2.45) is 0 Å². The van der Waals surface area contributed by atoms with E-state index >= 15 is 0 Å². The zero-order chi connectivity index (χ0) is 31.6. The Hall–Kier alpha value is -4.86. The highest BCUT2D eigenvalue weighted by atomic mass is 16.5. The number of hydrogen-bond donors (Lipinski definition) is 3. The number of ether oxygens (including phenoxy) is 2. The first-order chi connectivity index (χ1) is 21.3. The molecule has 2 amide bonds. The third-order valence-corrected chi connectivity index (χ3v) is 7.30. The second-order valence-electron chi connectivity index (χ2n) is 10.5. The molecule has 232 valence electrons. The summed E-state index contributed by atoms with van der Waals surface area (Å²) in [4.78, 5) is 43.4. The van der Waals surface area contributed by atoms with Gasteiger partial charge in [0.15, 0.2) is 0 Å². The molecule has 0 saturated carbocycles. The Labute approximate surface area is 257 Å². The molecule has 0 fully saturated rings. The van der Waals surface area contributed by atoms with Crippen molar-refractivity contribution in [3.8, 4) is 16.9 Å². The summed E-state index contributed by atoms with van der Waals surface area (Å²) >= 11 is 0. The van der Waals surface area contributed by atoms with Gasteiger partial charge in [0, 0.05) is 48.4 Å². The molecule has 2 heterocycles. The van der Waals surface area contributed by atoms with Crippen molar-refractivity contribution < 1.29 is 19.1 Å². The van der Waals surface area contributed by atoms with Gasteiger partial charge >= 0.3 is 12.0 Å². The maximum absolute atomic E-state index is 14.1. The zero-order valence-corrected chi connectivity index (χ0v) is 25.9. The van der Waals surface area contributed by atoms with Crippen LogP contribution >= 0.6 is 0 Å². The zero-order valence-electron chi connectivity index (χ0n) is 25.9. The monoisotopic (exact) mass is 599 g/mol. The number of hydrogen-bond acceptors (Lipinski definition) is 7. The van der Waals surface area contributed by atoms with Gasteiger partial charge in [-0.05, 0) is 72.4 Å². The summed E-state index contributed by atoms with van der Waals surface area (Å²) in [6.07, 6.45) is 5.21. The number of nitrogens with two attached hydrogens (primary N) is 1. The molecule has 0 aliphatic rings. The van der Waals surface area contributed by atoms with E-state index in [1.54, 1.807) is 10.8 Å². The summed E-state index contributed by atoms with van der Waals surface area (Å²) in [6, 6.07) is 14.3. The lowest BCUT2D eigenvalue weighted by atomic mass is 10.00. The molecular formula is C34H41N5O5. The van der Waals surface area contributed by atoms with Crippen LogP contribution in [0.2, 0.25) is 0 Å². The molecule has 4 aromatic rings. The molecule has 44 heavy (non-hydrogen) atoms. The third-order valence-electron chi connectivity index (χ3n) is 7.30. The van der Waals surface area contributed by atoms with Crippen molar-refractivity contribution >= 4 is 40.1 Å². The molecule has 0 bridgehead atoms. The fourth-order valence-electron chi connectivity index (χ4n) is 5.20. The summed E-state index contributed by atoms with van der Waals surface area (Å²) in [5, 5.41) is 6.64. The highest BCUT2D eigenvalue weighted by molar-refractivity contribution is 6.07. The van der Waals surface area contributed by atoms with E-state index in [1.807, 2.05) is 62.4 Å². The quantitative estimate of drug-likeness (QED) is 0.0900. The third kappa shape index (κ3) is 7.55. The topological polar surface area (TPSA) is 138 Å². The Kier molecular flexibility index (Phi) is 11.0. The van der Waals surface area contributed by atoms with Crippen LogP contribution in [0.1, 0.15) is 58.1 Å². The predicted octanol–water partition coefficient (Wildman–Crippen LogP) is 6.55. The van der Waals surface area contributed by atoms with Gasteiger partial charge in [0.25, 0.3) is 5.56 Å². The Bertz CT molecular complexity index is 1670. The molecule has 10 heteroatoms. The van der Waals surface area contributed by atoms with Crippen molar-refractivity contribution in [1.82, 2.24) is 9.55 Å². The number of nitrogens with zero attached hydrogens (tertiary/aromatic N) is 2. The van der Waals surface area contributed by atoms with Gasteiger partial charge in [0.05, 0.1) is 13.2 Å². The van der Waals surface area contributed by atoms with Crippen molar-refractivity contribution in [3.63, 3.8) is 0 Å². The van der Waals surface area contributed by atoms with Gasteiger partial charge in [0.1, 0.15) is 17.1 Å². The minimum atomic E-state index is -0.527. The van der Waals surface area contributed by atoms with Gasteiger partial charge in [-0.3, -0.25) is 14.2 Å². The number of nitrogen functional groups attached to an aromatic ring is 1. The molecule has 2 aromatic heterocycles. The summed E-state index contributed by atoms with van der Waals surface area (Å²) in [6.45, 7) is 8.50. The number of unbranched alkanes of at least 4 members (excludes halogenated alkanes) is 1. The smallest absolute Gasteiger partial charge is 0.323 e. The standard InChI is InChI=1S/C34H41N5O5/c1-5-8-16-39-32-28(14-10-15-36-32)29(25-12-9-13-27(21-25)44-18-11-17-43-22(4)40)31(33(39)41)38-34(42)37-30-23(6-2)19-26(35)20-24(30)7-3/h9-10,12-15,19-21H,5-8,11,16-18,35H2,1-4H3,(H2,37,38,42). The van der Waals surface area contributed by atoms with E-state index in [0.717, 1.165) is 29.4 Å². The number of aryl methyl sites for hydroxylation is 3. The second-order valence-corrected chi connectivity index (χ2v) is 10.5. The highest BCUT2D eigenvalue weighted by Crippen LogP contribution is 2.35. The number of amides is 2. The number of aromatic nitrogens is 2. The molecule has 0 atom stereocenters. The average Bonchev–Trinajstić information content (AvgIpc) is 3.01. The van der Waals surface area contributed by atoms with E-state index < -0.39 is 6.03 Å². The van der Waals surface area contributed by atoms with Gasteiger partial charge in [-0.25, -0.2) is 9.78 Å². The largest absolute Gasteiger partial charge is 0.493 e. The number of anilines is 3. The maximum atomic E-state index is 14.1. The number of urea groups is 1. The summed E-state index contributed by atoms with van der Waals surface area (Å²) < 4.78 is 12.5. The lowest BCUT2D eigenvalue weighted by molar-refractivity contribution is -0.141. The normalized spacial score (nSPS) is 10.9. The number of carbonyl (C=O) groups excluding carboxylic acids is 2. The molecular weight excluding hydrogens is 558 g/mol.